The molecule has 0 spiro atoms. The van der Waals surface area contributed by atoms with E-state index in [9.17, 15) is 14.4 Å². The van der Waals surface area contributed by atoms with Gasteiger partial charge in [-0.3, -0.25) is 9.59 Å². The number of hydrogen-bond acceptors (Lipinski definition) is 4. The smallest absolute Gasteiger partial charge is 0.343 e. The molecule has 0 aromatic heterocycles. The molecule has 2 aromatic rings. The van der Waals surface area contributed by atoms with Gasteiger partial charge in [0.2, 0.25) is 11.8 Å². The highest BCUT2D eigenvalue weighted by atomic mass is 79.9. The molecule has 2 amide bonds. The van der Waals surface area contributed by atoms with Gasteiger partial charge in [-0.05, 0) is 54.7 Å². The van der Waals surface area contributed by atoms with Crippen molar-refractivity contribution in [2.75, 3.05) is 4.90 Å². The number of benzene rings is 2. The first-order valence-corrected chi connectivity index (χ1v) is 11.8. The zero-order valence-electron chi connectivity index (χ0n) is 15.5. The third kappa shape index (κ3) is 3.05. The lowest BCUT2D eigenvalue weighted by Gasteiger charge is -2.28. The molecule has 154 valence electrons. The number of alkyl halides is 2. The molecular formula is C22H16Br2ClNO4. The third-order valence-electron chi connectivity index (χ3n) is 6.35. The summed E-state index contributed by atoms with van der Waals surface area (Å²) in [6, 6.07) is 12.9. The van der Waals surface area contributed by atoms with Crippen molar-refractivity contribution < 1.29 is 19.1 Å². The number of esters is 1. The average molecular weight is 554 g/mol. The summed E-state index contributed by atoms with van der Waals surface area (Å²) in [5, 5.41) is 0.524. The Kier molecular flexibility index (Phi) is 5.03. The van der Waals surface area contributed by atoms with Gasteiger partial charge in [0.15, 0.2) is 0 Å². The van der Waals surface area contributed by atoms with Crippen molar-refractivity contribution in [2.24, 2.45) is 23.7 Å². The predicted octanol–water partition coefficient (Wildman–Crippen LogP) is 4.84. The topological polar surface area (TPSA) is 63.7 Å². The lowest BCUT2D eigenvalue weighted by atomic mass is 9.81. The molecule has 0 N–H and O–H groups in total. The summed E-state index contributed by atoms with van der Waals surface area (Å²) >= 11 is 13.2. The van der Waals surface area contributed by atoms with Gasteiger partial charge in [0, 0.05) is 20.7 Å². The maximum atomic E-state index is 13.2. The van der Waals surface area contributed by atoms with Crippen molar-refractivity contribution in [3.05, 3.63) is 59.1 Å². The Hall–Kier alpha value is -1.70. The molecule has 0 radical (unpaired) electrons. The van der Waals surface area contributed by atoms with Crippen LogP contribution >= 0.6 is 43.5 Å². The molecule has 2 aromatic carbocycles. The van der Waals surface area contributed by atoms with Crippen molar-refractivity contribution in [2.45, 2.75) is 16.1 Å². The Bertz CT molecular complexity index is 1030. The number of nitrogens with zero attached hydrogens (tertiary/aromatic N) is 1. The maximum absolute atomic E-state index is 13.2. The standard InChI is InChI=1S/C22H16Br2ClNO4/c23-18-14-9-15(19(18)24)17-16(14)20(27)26(21(17)28)12-2-1-3-13(8-12)30-22(29)10-4-6-11(25)7-5-10/h1-8,14-19H,9H2/t14-,15-,16-,17+,18-,19+/m1/s1. The number of imide groups is 1. The quantitative estimate of drug-likeness (QED) is 0.236. The number of ether oxygens (including phenoxy) is 1. The Labute approximate surface area is 195 Å². The van der Waals surface area contributed by atoms with Crippen LogP contribution in [0.3, 0.4) is 0 Å². The largest absolute Gasteiger partial charge is 0.423 e. The second-order valence-electron chi connectivity index (χ2n) is 7.91. The van der Waals surface area contributed by atoms with E-state index in [4.69, 9.17) is 16.3 Å². The first kappa shape index (κ1) is 20.2. The van der Waals surface area contributed by atoms with E-state index in [0.29, 0.717) is 16.3 Å². The monoisotopic (exact) mass is 551 g/mol. The molecule has 1 aliphatic heterocycles. The molecule has 1 saturated heterocycles. The van der Waals surface area contributed by atoms with Gasteiger partial charge in [-0.15, -0.1) is 0 Å². The number of amides is 2. The molecule has 2 saturated carbocycles. The van der Waals surface area contributed by atoms with Crippen LogP contribution in [0, 0.1) is 23.7 Å². The molecule has 2 aliphatic carbocycles. The number of carbonyl (C=O) groups is 3. The summed E-state index contributed by atoms with van der Waals surface area (Å²) in [5.41, 5.74) is 0.786. The minimum absolute atomic E-state index is 0.150. The molecule has 3 fully saturated rings. The fourth-order valence-electron chi connectivity index (χ4n) is 5.04. The summed E-state index contributed by atoms with van der Waals surface area (Å²) in [4.78, 5) is 40.4. The summed E-state index contributed by atoms with van der Waals surface area (Å²) in [5.74, 6) is -0.882. The first-order valence-electron chi connectivity index (χ1n) is 9.60. The highest BCUT2D eigenvalue weighted by Crippen LogP contribution is 2.60. The molecule has 1 heterocycles. The van der Waals surface area contributed by atoms with Crippen molar-refractivity contribution >= 4 is 66.9 Å². The van der Waals surface area contributed by atoms with Crippen LogP contribution in [0.25, 0.3) is 0 Å². The Morgan fingerprint density at radius 2 is 1.57 bits per heavy atom. The van der Waals surface area contributed by atoms with E-state index in [1.165, 1.54) is 4.90 Å². The fraction of sp³-hybridized carbons (Fsp3) is 0.318. The van der Waals surface area contributed by atoms with Gasteiger partial charge in [0.1, 0.15) is 5.75 Å². The Morgan fingerprint density at radius 1 is 0.967 bits per heavy atom. The number of anilines is 1. The molecule has 2 bridgehead atoms. The van der Waals surface area contributed by atoms with Crippen LogP contribution in [0.4, 0.5) is 5.69 Å². The Balaban J connectivity index is 1.39. The van der Waals surface area contributed by atoms with Crippen molar-refractivity contribution in [3.63, 3.8) is 0 Å². The molecular weight excluding hydrogens is 538 g/mol. The Morgan fingerprint density at radius 3 is 2.17 bits per heavy atom. The van der Waals surface area contributed by atoms with Crippen LogP contribution in [0.2, 0.25) is 5.02 Å². The summed E-state index contributed by atoms with van der Waals surface area (Å²) in [6.07, 6.45) is 0.880. The van der Waals surface area contributed by atoms with Crippen LogP contribution < -0.4 is 9.64 Å². The summed E-state index contributed by atoms with van der Waals surface area (Å²) < 4.78 is 5.45. The van der Waals surface area contributed by atoms with E-state index in [1.807, 2.05) is 0 Å². The summed E-state index contributed by atoms with van der Waals surface area (Å²) in [6.45, 7) is 0. The van der Waals surface area contributed by atoms with E-state index < -0.39 is 5.97 Å². The minimum atomic E-state index is -0.540. The molecule has 5 nitrogen and oxygen atoms in total. The second-order valence-corrected chi connectivity index (χ2v) is 10.5. The molecule has 5 rings (SSSR count). The molecule has 3 aliphatic rings. The minimum Gasteiger partial charge on any atom is -0.423 e. The zero-order chi connectivity index (χ0) is 21.2. The van der Waals surface area contributed by atoms with E-state index in [0.717, 1.165) is 6.42 Å². The van der Waals surface area contributed by atoms with E-state index in [1.54, 1.807) is 48.5 Å². The first-order chi connectivity index (χ1) is 14.4. The predicted molar refractivity (Wildman–Crippen MR) is 119 cm³/mol. The molecule has 6 atom stereocenters. The van der Waals surface area contributed by atoms with E-state index in [2.05, 4.69) is 31.9 Å². The van der Waals surface area contributed by atoms with Gasteiger partial charge >= 0.3 is 5.97 Å². The number of halogens is 3. The number of hydrogen-bond donors (Lipinski definition) is 0. The van der Waals surface area contributed by atoms with Crippen LogP contribution in [-0.2, 0) is 9.59 Å². The van der Waals surface area contributed by atoms with Gasteiger partial charge in [-0.1, -0.05) is 49.5 Å². The lowest BCUT2D eigenvalue weighted by molar-refractivity contribution is -0.123. The second kappa shape index (κ2) is 7.46. The van der Waals surface area contributed by atoms with Crippen LogP contribution in [0.1, 0.15) is 16.8 Å². The van der Waals surface area contributed by atoms with Crippen LogP contribution in [0.15, 0.2) is 48.5 Å². The molecule has 8 heteroatoms. The lowest BCUT2D eigenvalue weighted by Crippen LogP contribution is -2.37. The number of carbonyl (C=O) groups excluding carboxylic acids is 3. The van der Waals surface area contributed by atoms with Crippen molar-refractivity contribution in [1.82, 2.24) is 0 Å². The van der Waals surface area contributed by atoms with Crippen LogP contribution in [-0.4, -0.2) is 27.4 Å². The third-order valence-corrected chi connectivity index (χ3v) is 9.81. The van der Waals surface area contributed by atoms with Crippen molar-refractivity contribution in [3.8, 4) is 5.75 Å². The normalized spacial score (nSPS) is 31.9. The van der Waals surface area contributed by atoms with E-state index >= 15 is 0 Å². The van der Waals surface area contributed by atoms with Gasteiger partial charge in [0.25, 0.3) is 0 Å². The SMILES string of the molecule is O=C(Oc1cccc(N2C(=O)[C@@H]3[C@H]4C[C@@H]([C@H](Br)[C@@H]4Br)[C@@H]3C2=O)c1)c1ccc(Cl)cc1. The average Bonchev–Trinajstić information content (AvgIpc) is 3.33. The highest BCUT2D eigenvalue weighted by Gasteiger charge is 2.66. The maximum Gasteiger partial charge on any atom is 0.343 e. The number of rotatable bonds is 3. The van der Waals surface area contributed by atoms with Gasteiger partial charge in [-0.25, -0.2) is 9.69 Å². The fourth-order valence-corrected chi connectivity index (χ4v) is 7.04. The van der Waals surface area contributed by atoms with E-state index in [-0.39, 0.29) is 50.9 Å². The zero-order valence-corrected chi connectivity index (χ0v) is 19.4. The molecule has 0 unspecified atom stereocenters. The van der Waals surface area contributed by atoms with Crippen molar-refractivity contribution in [1.29, 1.82) is 0 Å². The van der Waals surface area contributed by atoms with Gasteiger partial charge < -0.3 is 4.74 Å². The number of fused-ring (bicyclic) bond motifs is 5. The van der Waals surface area contributed by atoms with Gasteiger partial charge in [-0.2, -0.15) is 0 Å². The highest BCUT2D eigenvalue weighted by molar-refractivity contribution is 9.12. The van der Waals surface area contributed by atoms with Crippen LogP contribution in [0.5, 0.6) is 5.75 Å². The van der Waals surface area contributed by atoms with Gasteiger partial charge in [0.05, 0.1) is 23.1 Å². The summed E-state index contributed by atoms with van der Waals surface area (Å²) in [7, 11) is 0. The molecule has 30 heavy (non-hydrogen) atoms.